The fraction of sp³-hybridized carbons (Fsp3) is 0.238. The maximum absolute atomic E-state index is 14.0. The van der Waals surface area contributed by atoms with Crippen molar-refractivity contribution >= 4 is 22.4 Å². The highest BCUT2D eigenvalue weighted by molar-refractivity contribution is 6.31. The lowest BCUT2D eigenvalue weighted by molar-refractivity contribution is 0.296. The van der Waals surface area contributed by atoms with E-state index in [-0.39, 0.29) is 12.4 Å². The number of benzene rings is 3. The normalized spacial score (nSPS) is 11.0. The zero-order chi connectivity index (χ0) is 17.6. The van der Waals surface area contributed by atoms with Gasteiger partial charge in [0.15, 0.2) is 0 Å². The Morgan fingerprint density at radius 1 is 1.00 bits per heavy atom. The van der Waals surface area contributed by atoms with Crippen molar-refractivity contribution in [1.29, 1.82) is 0 Å². The Morgan fingerprint density at radius 3 is 2.64 bits per heavy atom. The Kier molecular flexibility index (Phi) is 5.90. The van der Waals surface area contributed by atoms with Gasteiger partial charge in [-0.2, -0.15) is 0 Å². The first-order valence-corrected chi connectivity index (χ1v) is 8.85. The van der Waals surface area contributed by atoms with Crippen LogP contribution >= 0.6 is 11.6 Å². The second-order valence-corrected chi connectivity index (χ2v) is 6.34. The average molecular weight is 358 g/mol. The molecule has 0 radical (unpaired) electrons. The minimum Gasteiger partial charge on any atom is -0.488 e. The van der Waals surface area contributed by atoms with Crippen LogP contribution in [0, 0.1) is 5.82 Å². The summed E-state index contributed by atoms with van der Waals surface area (Å²) in [6, 6.07) is 16.8. The van der Waals surface area contributed by atoms with Gasteiger partial charge in [0.05, 0.1) is 5.02 Å². The SMILES string of the molecule is CCCNCc1c(OCc2c(F)cccc2Cl)ccc2ccccc12. The van der Waals surface area contributed by atoms with E-state index >= 15 is 0 Å². The van der Waals surface area contributed by atoms with Gasteiger partial charge in [-0.3, -0.25) is 0 Å². The van der Waals surface area contributed by atoms with Crippen LogP contribution in [0.4, 0.5) is 4.39 Å². The fourth-order valence-electron chi connectivity index (χ4n) is 2.84. The summed E-state index contributed by atoms with van der Waals surface area (Å²) in [4.78, 5) is 0. The number of nitrogens with one attached hydrogen (secondary N) is 1. The highest BCUT2D eigenvalue weighted by Crippen LogP contribution is 2.30. The largest absolute Gasteiger partial charge is 0.488 e. The predicted octanol–water partition coefficient (Wildman–Crippen LogP) is 5.71. The van der Waals surface area contributed by atoms with Gasteiger partial charge in [0.25, 0.3) is 0 Å². The molecule has 0 heterocycles. The van der Waals surface area contributed by atoms with Crippen LogP contribution in [-0.4, -0.2) is 6.54 Å². The molecule has 1 N–H and O–H groups in total. The third kappa shape index (κ3) is 4.12. The molecule has 2 nitrogen and oxygen atoms in total. The number of hydrogen-bond donors (Lipinski definition) is 1. The Hall–Kier alpha value is -2.10. The van der Waals surface area contributed by atoms with Crippen LogP contribution in [-0.2, 0) is 13.2 Å². The van der Waals surface area contributed by atoms with E-state index in [4.69, 9.17) is 16.3 Å². The molecule has 4 heteroatoms. The molecule has 0 bridgehead atoms. The molecule has 0 aliphatic rings. The van der Waals surface area contributed by atoms with Crippen LogP contribution < -0.4 is 10.1 Å². The van der Waals surface area contributed by atoms with Gasteiger partial charge in [-0.15, -0.1) is 0 Å². The molecule has 0 fully saturated rings. The van der Waals surface area contributed by atoms with Gasteiger partial charge in [-0.1, -0.05) is 54.9 Å². The van der Waals surface area contributed by atoms with Crippen molar-refractivity contribution in [2.24, 2.45) is 0 Å². The van der Waals surface area contributed by atoms with Gasteiger partial charge in [0.2, 0.25) is 0 Å². The van der Waals surface area contributed by atoms with Gasteiger partial charge >= 0.3 is 0 Å². The predicted molar refractivity (Wildman–Crippen MR) is 102 cm³/mol. The number of ether oxygens (including phenoxy) is 1. The van der Waals surface area contributed by atoms with Crippen molar-refractivity contribution in [2.45, 2.75) is 26.5 Å². The second kappa shape index (κ2) is 8.32. The van der Waals surface area contributed by atoms with E-state index in [1.165, 1.54) is 6.07 Å². The monoisotopic (exact) mass is 357 g/mol. The van der Waals surface area contributed by atoms with Gasteiger partial charge < -0.3 is 10.1 Å². The van der Waals surface area contributed by atoms with E-state index in [1.54, 1.807) is 12.1 Å². The van der Waals surface area contributed by atoms with Crippen molar-refractivity contribution in [3.63, 3.8) is 0 Å². The van der Waals surface area contributed by atoms with Crippen molar-refractivity contribution in [2.75, 3.05) is 6.54 Å². The van der Waals surface area contributed by atoms with Crippen LogP contribution in [0.25, 0.3) is 10.8 Å². The fourth-order valence-corrected chi connectivity index (χ4v) is 3.06. The Balaban J connectivity index is 1.90. The molecule has 0 unspecified atom stereocenters. The minimum absolute atomic E-state index is 0.102. The number of rotatable bonds is 7. The standard InChI is InChI=1S/C21H21ClFNO/c1-2-12-24-13-17-16-7-4-3-6-15(16)10-11-21(17)25-14-18-19(22)8-5-9-20(18)23/h3-11,24H,2,12-14H2,1H3. The molecule has 0 aromatic heterocycles. The van der Waals surface area contributed by atoms with Crippen molar-refractivity contribution < 1.29 is 9.13 Å². The Morgan fingerprint density at radius 2 is 1.84 bits per heavy atom. The van der Waals surface area contributed by atoms with Crippen molar-refractivity contribution in [3.8, 4) is 5.75 Å². The van der Waals surface area contributed by atoms with E-state index in [2.05, 4.69) is 24.4 Å². The van der Waals surface area contributed by atoms with E-state index in [1.807, 2.05) is 24.3 Å². The summed E-state index contributed by atoms with van der Waals surface area (Å²) in [5, 5.41) is 6.11. The summed E-state index contributed by atoms with van der Waals surface area (Å²) < 4.78 is 19.9. The van der Waals surface area contributed by atoms with E-state index < -0.39 is 0 Å². The lowest BCUT2D eigenvalue weighted by Crippen LogP contribution is -2.15. The summed E-state index contributed by atoms with van der Waals surface area (Å²) >= 11 is 6.10. The van der Waals surface area contributed by atoms with Crippen molar-refractivity contribution in [1.82, 2.24) is 5.32 Å². The summed E-state index contributed by atoms with van der Waals surface area (Å²) in [6.07, 6.45) is 1.06. The van der Waals surface area contributed by atoms with Crippen LogP contribution in [0.1, 0.15) is 24.5 Å². The van der Waals surface area contributed by atoms with Crippen molar-refractivity contribution in [3.05, 3.63) is 76.6 Å². The lowest BCUT2D eigenvalue weighted by atomic mass is 10.0. The zero-order valence-electron chi connectivity index (χ0n) is 14.2. The second-order valence-electron chi connectivity index (χ2n) is 5.93. The molecule has 0 atom stereocenters. The molecule has 130 valence electrons. The molecule has 0 amide bonds. The smallest absolute Gasteiger partial charge is 0.131 e. The lowest BCUT2D eigenvalue weighted by Gasteiger charge is -2.16. The topological polar surface area (TPSA) is 21.3 Å². The van der Waals surface area contributed by atoms with Gasteiger partial charge in [0, 0.05) is 17.7 Å². The molecule has 0 aliphatic heterocycles. The molecule has 3 aromatic rings. The molecule has 0 saturated heterocycles. The quantitative estimate of drug-likeness (QED) is 0.547. The first-order chi connectivity index (χ1) is 12.2. The van der Waals surface area contributed by atoms with Gasteiger partial charge in [-0.25, -0.2) is 4.39 Å². The van der Waals surface area contributed by atoms with E-state index in [0.717, 1.165) is 35.1 Å². The van der Waals surface area contributed by atoms with E-state index in [9.17, 15) is 4.39 Å². The molecule has 25 heavy (non-hydrogen) atoms. The van der Waals surface area contributed by atoms with Crippen LogP contribution in [0.2, 0.25) is 5.02 Å². The van der Waals surface area contributed by atoms with E-state index in [0.29, 0.717) is 17.1 Å². The number of halogens is 2. The molecule has 3 rings (SSSR count). The number of fused-ring (bicyclic) bond motifs is 1. The summed E-state index contributed by atoms with van der Waals surface area (Å²) in [5.41, 5.74) is 1.46. The zero-order valence-corrected chi connectivity index (χ0v) is 14.9. The minimum atomic E-state index is -0.348. The summed E-state index contributed by atoms with van der Waals surface area (Å²) in [5.74, 6) is 0.403. The van der Waals surface area contributed by atoms with Crippen LogP contribution in [0.15, 0.2) is 54.6 Å². The first kappa shape index (κ1) is 17.7. The van der Waals surface area contributed by atoms with Gasteiger partial charge in [-0.05, 0) is 41.9 Å². The number of hydrogen-bond acceptors (Lipinski definition) is 2. The average Bonchev–Trinajstić information content (AvgIpc) is 2.62. The van der Waals surface area contributed by atoms with Crippen LogP contribution in [0.3, 0.4) is 0 Å². The third-order valence-electron chi connectivity index (χ3n) is 4.16. The Bertz CT molecular complexity index is 845. The summed E-state index contributed by atoms with van der Waals surface area (Å²) in [7, 11) is 0. The Labute approximate surface area is 152 Å². The summed E-state index contributed by atoms with van der Waals surface area (Å²) in [6.45, 7) is 3.87. The maximum atomic E-state index is 14.0. The molecular weight excluding hydrogens is 337 g/mol. The molecule has 0 spiro atoms. The molecular formula is C21H21ClFNO. The molecule has 0 aliphatic carbocycles. The highest BCUT2D eigenvalue weighted by Gasteiger charge is 2.12. The maximum Gasteiger partial charge on any atom is 0.131 e. The first-order valence-electron chi connectivity index (χ1n) is 8.47. The molecule has 3 aromatic carbocycles. The molecule has 0 saturated carbocycles. The van der Waals surface area contributed by atoms with Gasteiger partial charge in [0.1, 0.15) is 18.2 Å². The highest BCUT2D eigenvalue weighted by atomic mass is 35.5. The third-order valence-corrected chi connectivity index (χ3v) is 4.51. The van der Waals surface area contributed by atoms with Crippen LogP contribution in [0.5, 0.6) is 5.75 Å².